The molecule has 98 valence electrons. The SMILES string of the molecule is Cc1cc(C(=O)N(C)CC/C(N)=N/O)ccc1Br. The number of amidine groups is 1. The van der Waals surface area contributed by atoms with Crippen LogP contribution in [0.2, 0.25) is 0 Å². The third-order valence-corrected chi connectivity index (χ3v) is 3.47. The van der Waals surface area contributed by atoms with Crippen LogP contribution in [0, 0.1) is 6.92 Å². The normalized spacial score (nSPS) is 11.4. The number of amides is 1. The highest BCUT2D eigenvalue weighted by Gasteiger charge is 2.12. The number of rotatable bonds is 4. The van der Waals surface area contributed by atoms with Gasteiger partial charge in [-0.3, -0.25) is 4.79 Å². The van der Waals surface area contributed by atoms with E-state index in [9.17, 15) is 4.79 Å². The number of hydrogen-bond donors (Lipinski definition) is 2. The highest BCUT2D eigenvalue weighted by Crippen LogP contribution is 2.17. The van der Waals surface area contributed by atoms with E-state index in [1.165, 1.54) is 0 Å². The van der Waals surface area contributed by atoms with Crippen molar-refractivity contribution in [2.75, 3.05) is 13.6 Å². The highest BCUT2D eigenvalue weighted by molar-refractivity contribution is 9.10. The van der Waals surface area contributed by atoms with E-state index in [-0.39, 0.29) is 11.7 Å². The molecule has 0 unspecified atom stereocenters. The van der Waals surface area contributed by atoms with Gasteiger partial charge in [-0.25, -0.2) is 0 Å². The van der Waals surface area contributed by atoms with E-state index < -0.39 is 0 Å². The second-order valence-corrected chi connectivity index (χ2v) is 4.89. The molecule has 0 saturated carbocycles. The fraction of sp³-hybridized carbons (Fsp3) is 0.333. The number of carbonyl (C=O) groups is 1. The summed E-state index contributed by atoms with van der Waals surface area (Å²) in [6.07, 6.45) is 0.342. The smallest absolute Gasteiger partial charge is 0.253 e. The number of carbonyl (C=O) groups excluding carboxylic acids is 1. The van der Waals surface area contributed by atoms with Gasteiger partial charge in [0.05, 0.1) is 0 Å². The van der Waals surface area contributed by atoms with Crippen LogP contribution in [-0.2, 0) is 0 Å². The summed E-state index contributed by atoms with van der Waals surface area (Å²) in [5.74, 6) is 0.0259. The summed E-state index contributed by atoms with van der Waals surface area (Å²) in [7, 11) is 1.68. The second-order valence-electron chi connectivity index (χ2n) is 4.03. The van der Waals surface area contributed by atoms with E-state index in [1.807, 2.05) is 19.1 Å². The molecular formula is C12H16BrN3O2. The van der Waals surface area contributed by atoms with Gasteiger partial charge in [-0.1, -0.05) is 21.1 Å². The number of hydrogen-bond acceptors (Lipinski definition) is 3. The molecule has 1 aromatic carbocycles. The molecule has 0 bridgehead atoms. The highest BCUT2D eigenvalue weighted by atomic mass is 79.9. The maximum absolute atomic E-state index is 12.1. The van der Waals surface area contributed by atoms with Gasteiger partial charge in [-0.15, -0.1) is 0 Å². The molecule has 0 aliphatic heterocycles. The summed E-state index contributed by atoms with van der Waals surface area (Å²) in [5.41, 5.74) is 6.99. The lowest BCUT2D eigenvalue weighted by atomic mass is 10.1. The van der Waals surface area contributed by atoms with Gasteiger partial charge in [0, 0.05) is 30.0 Å². The molecular weight excluding hydrogens is 298 g/mol. The molecule has 0 atom stereocenters. The zero-order valence-electron chi connectivity index (χ0n) is 10.4. The largest absolute Gasteiger partial charge is 0.409 e. The number of benzene rings is 1. The summed E-state index contributed by atoms with van der Waals surface area (Å²) < 4.78 is 0.971. The van der Waals surface area contributed by atoms with Crippen molar-refractivity contribution in [3.8, 4) is 0 Å². The number of nitrogens with zero attached hydrogens (tertiary/aromatic N) is 2. The van der Waals surface area contributed by atoms with Gasteiger partial charge >= 0.3 is 0 Å². The van der Waals surface area contributed by atoms with Gasteiger partial charge in [0.1, 0.15) is 5.84 Å². The lowest BCUT2D eigenvalue weighted by Crippen LogP contribution is -2.30. The first-order valence-electron chi connectivity index (χ1n) is 5.43. The Kier molecular flexibility index (Phi) is 5.15. The molecule has 1 amide bonds. The fourth-order valence-electron chi connectivity index (χ4n) is 1.43. The van der Waals surface area contributed by atoms with E-state index in [0.29, 0.717) is 18.5 Å². The molecule has 0 saturated heterocycles. The van der Waals surface area contributed by atoms with Gasteiger partial charge in [0.15, 0.2) is 0 Å². The average Bonchev–Trinajstić information content (AvgIpc) is 2.37. The van der Waals surface area contributed by atoms with Crippen LogP contribution in [0.15, 0.2) is 27.8 Å². The molecule has 0 aliphatic carbocycles. The van der Waals surface area contributed by atoms with Crippen LogP contribution in [0.1, 0.15) is 22.3 Å². The number of oxime groups is 1. The molecule has 0 heterocycles. The molecule has 0 aromatic heterocycles. The van der Waals surface area contributed by atoms with Crippen LogP contribution < -0.4 is 5.73 Å². The Morgan fingerprint density at radius 3 is 2.78 bits per heavy atom. The molecule has 0 radical (unpaired) electrons. The minimum atomic E-state index is -0.0867. The summed E-state index contributed by atoms with van der Waals surface area (Å²) in [6.45, 7) is 2.33. The van der Waals surface area contributed by atoms with Gasteiger partial charge in [0.2, 0.25) is 0 Å². The number of halogens is 1. The van der Waals surface area contributed by atoms with E-state index in [4.69, 9.17) is 10.9 Å². The van der Waals surface area contributed by atoms with E-state index in [2.05, 4.69) is 21.1 Å². The zero-order valence-corrected chi connectivity index (χ0v) is 11.9. The van der Waals surface area contributed by atoms with Gasteiger partial charge in [-0.2, -0.15) is 0 Å². The van der Waals surface area contributed by atoms with Gasteiger partial charge < -0.3 is 15.8 Å². The molecule has 18 heavy (non-hydrogen) atoms. The fourth-order valence-corrected chi connectivity index (χ4v) is 1.68. The molecule has 0 spiro atoms. The Bertz CT molecular complexity index is 474. The summed E-state index contributed by atoms with van der Waals surface area (Å²) in [5, 5.41) is 11.3. The standard InChI is InChI=1S/C12H16BrN3O2/c1-8-7-9(3-4-10(8)13)12(17)16(2)6-5-11(14)15-18/h3-4,7,18H,5-6H2,1-2H3,(H2,14,15). The Morgan fingerprint density at radius 2 is 2.22 bits per heavy atom. The van der Waals surface area contributed by atoms with Crippen LogP contribution in [0.3, 0.4) is 0 Å². The second kappa shape index (κ2) is 6.39. The third-order valence-electron chi connectivity index (χ3n) is 2.58. The lowest BCUT2D eigenvalue weighted by molar-refractivity contribution is 0.0798. The monoisotopic (exact) mass is 313 g/mol. The number of nitrogens with two attached hydrogens (primary N) is 1. The average molecular weight is 314 g/mol. The molecule has 3 N–H and O–H groups in total. The maximum atomic E-state index is 12.1. The molecule has 1 aromatic rings. The molecule has 5 nitrogen and oxygen atoms in total. The van der Waals surface area contributed by atoms with Crippen LogP contribution in [-0.4, -0.2) is 35.4 Å². The van der Waals surface area contributed by atoms with Crippen molar-refractivity contribution < 1.29 is 10.0 Å². The van der Waals surface area contributed by atoms with Crippen LogP contribution in [0.25, 0.3) is 0 Å². The summed E-state index contributed by atoms with van der Waals surface area (Å²) in [4.78, 5) is 13.6. The first kappa shape index (κ1) is 14.5. The maximum Gasteiger partial charge on any atom is 0.253 e. The quantitative estimate of drug-likeness (QED) is 0.386. The summed E-state index contributed by atoms with van der Waals surface area (Å²) >= 11 is 3.39. The first-order chi connectivity index (χ1) is 8.45. The Morgan fingerprint density at radius 1 is 1.56 bits per heavy atom. The van der Waals surface area contributed by atoms with Crippen molar-refractivity contribution >= 4 is 27.7 Å². The van der Waals surface area contributed by atoms with Crippen molar-refractivity contribution in [3.63, 3.8) is 0 Å². The van der Waals surface area contributed by atoms with Crippen molar-refractivity contribution in [1.29, 1.82) is 0 Å². The Balaban J connectivity index is 2.71. The minimum Gasteiger partial charge on any atom is -0.409 e. The van der Waals surface area contributed by atoms with Crippen LogP contribution >= 0.6 is 15.9 Å². The third kappa shape index (κ3) is 3.73. The molecule has 6 heteroatoms. The molecule has 0 fully saturated rings. The van der Waals surface area contributed by atoms with Crippen molar-refractivity contribution in [3.05, 3.63) is 33.8 Å². The topological polar surface area (TPSA) is 78.9 Å². The Hall–Kier alpha value is -1.56. The van der Waals surface area contributed by atoms with Gasteiger partial charge in [-0.05, 0) is 30.7 Å². The van der Waals surface area contributed by atoms with Gasteiger partial charge in [0.25, 0.3) is 5.91 Å². The van der Waals surface area contributed by atoms with E-state index >= 15 is 0 Å². The summed E-state index contributed by atoms with van der Waals surface area (Å²) in [6, 6.07) is 5.44. The predicted octanol–water partition coefficient (Wildman–Crippen LogP) is 1.97. The first-order valence-corrected chi connectivity index (χ1v) is 6.23. The van der Waals surface area contributed by atoms with E-state index in [0.717, 1.165) is 10.0 Å². The zero-order chi connectivity index (χ0) is 13.7. The van der Waals surface area contributed by atoms with Crippen molar-refractivity contribution in [1.82, 2.24) is 4.90 Å². The molecule has 1 rings (SSSR count). The van der Waals surface area contributed by atoms with Crippen molar-refractivity contribution in [2.45, 2.75) is 13.3 Å². The number of aryl methyl sites for hydroxylation is 1. The molecule has 0 aliphatic rings. The Labute approximate surface area is 114 Å². The van der Waals surface area contributed by atoms with Crippen molar-refractivity contribution in [2.24, 2.45) is 10.9 Å². The van der Waals surface area contributed by atoms with Crippen LogP contribution in [0.4, 0.5) is 0 Å². The lowest BCUT2D eigenvalue weighted by Gasteiger charge is -2.17. The van der Waals surface area contributed by atoms with Crippen LogP contribution in [0.5, 0.6) is 0 Å². The predicted molar refractivity (Wildman–Crippen MR) is 73.9 cm³/mol. The minimum absolute atomic E-state index is 0.0867. The van der Waals surface area contributed by atoms with E-state index in [1.54, 1.807) is 18.0 Å².